The molecule has 0 aromatic heterocycles. The minimum atomic E-state index is -0.491. The van der Waals surface area contributed by atoms with Gasteiger partial charge in [-0.3, -0.25) is 4.90 Å². The number of β-amino-alcohol motifs (C(OH)–C–C–N with tert-alkyl or cyclic N) is 1. The van der Waals surface area contributed by atoms with Crippen molar-refractivity contribution in [1.82, 2.24) is 4.90 Å². The molecular formula is C19H22BrNO3. The molecule has 128 valence electrons. The van der Waals surface area contributed by atoms with Crippen molar-refractivity contribution < 1.29 is 14.6 Å². The molecule has 2 aromatic rings. The van der Waals surface area contributed by atoms with Gasteiger partial charge in [0.2, 0.25) is 0 Å². The first-order valence-corrected chi connectivity index (χ1v) is 8.97. The van der Waals surface area contributed by atoms with Crippen LogP contribution in [0.2, 0.25) is 0 Å². The van der Waals surface area contributed by atoms with Gasteiger partial charge in [0.05, 0.1) is 13.2 Å². The fourth-order valence-corrected chi connectivity index (χ4v) is 2.98. The van der Waals surface area contributed by atoms with Crippen LogP contribution in [0.15, 0.2) is 53.0 Å². The van der Waals surface area contributed by atoms with E-state index in [1.807, 2.05) is 36.4 Å². The normalized spacial score (nSPS) is 16.8. The van der Waals surface area contributed by atoms with Crippen molar-refractivity contribution in [2.45, 2.75) is 6.10 Å². The van der Waals surface area contributed by atoms with Crippen LogP contribution in [0.5, 0.6) is 5.75 Å². The van der Waals surface area contributed by atoms with Crippen molar-refractivity contribution in [1.29, 1.82) is 0 Å². The second-order valence-electron chi connectivity index (χ2n) is 5.91. The molecule has 1 aliphatic heterocycles. The van der Waals surface area contributed by atoms with Crippen LogP contribution < -0.4 is 4.74 Å². The van der Waals surface area contributed by atoms with Gasteiger partial charge in [-0.25, -0.2) is 0 Å². The van der Waals surface area contributed by atoms with E-state index in [4.69, 9.17) is 9.47 Å². The number of benzene rings is 2. The highest BCUT2D eigenvalue weighted by atomic mass is 79.9. The first-order valence-electron chi connectivity index (χ1n) is 8.18. The Kier molecular flexibility index (Phi) is 6.26. The largest absolute Gasteiger partial charge is 0.491 e. The summed E-state index contributed by atoms with van der Waals surface area (Å²) in [4.78, 5) is 2.20. The standard InChI is InChI=1S/C19H22BrNO3/c20-17-5-1-15(2-6-17)16-3-7-19(8-4-16)24-14-18(22)13-21-9-11-23-12-10-21/h1-8,18,22H,9-14H2. The summed E-state index contributed by atoms with van der Waals surface area (Å²) in [6.07, 6.45) is -0.491. The molecule has 0 radical (unpaired) electrons. The highest BCUT2D eigenvalue weighted by Gasteiger charge is 2.15. The van der Waals surface area contributed by atoms with Crippen LogP contribution in [0, 0.1) is 0 Å². The number of hydrogen-bond acceptors (Lipinski definition) is 4. The minimum absolute atomic E-state index is 0.301. The van der Waals surface area contributed by atoms with E-state index >= 15 is 0 Å². The third-order valence-corrected chi connectivity index (χ3v) is 4.58. The first kappa shape index (κ1) is 17.4. The van der Waals surface area contributed by atoms with E-state index < -0.39 is 6.10 Å². The summed E-state index contributed by atoms with van der Waals surface area (Å²) < 4.78 is 12.1. The van der Waals surface area contributed by atoms with Gasteiger partial charge < -0.3 is 14.6 Å². The lowest BCUT2D eigenvalue weighted by Gasteiger charge is -2.28. The Morgan fingerprint density at radius 3 is 2.21 bits per heavy atom. The van der Waals surface area contributed by atoms with Crippen molar-refractivity contribution in [2.75, 3.05) is 39.5 Å². The summed E-state index contributed by atoms with van der Waals surface area (Å²) in [5.41, 5.74) is 2.31. The number of nitrogens with zero attached hydrogens (tertiary/aromatic N) is 1. The topological polar surface area (TPSA) is 41.9 Å². The molecule has 2 aromatic carbocycles. The van der Waals surface area contributed by atoms with Crippen molar-refractivity contribution in [3.8, 4) is 16.9 Å². The van der Waals surface area contributed by atoms with Gasteiger partial charge >= 0.3 is 0 Å². The Morgan fingerprint density at radius 2 is 1.58 bits per heavy atom. The molecule has 1 atom stereocenters. The maximum Gasteiger partial charge on any atom is 0.119 e. The van der Waals surface area contributed by atoms with Crippen LogP contribution >= 0.6 is 15.9 Å². The van der Waals surface area contributed by atoms with E-state index in [0.29, 0.717) is 13.2 Å². The summed E-state index contributed by atoms with van der Waals surface area (Å²) in [5, 5.41) is 10.1. The number of ether oxygens (including phenoxy) is 2. The van der Waals surface area contributed by atoms with Gasteiger partial charge in [0.25, 0.3) is 0 Å². The average Bonchev–Trinajstić information content (AvgIpc) is 2.62. The monoisotopic (exact) mass is 391 g/mol. The number of morpholine rings is 1. The molecule has 24 heavy (non-hydrogen) atoms. The summed E-state index contributed by atoms with van der Waals surface area (Å²) >= 11 is 3.45. The molecule has 1 unspecified atom stereocenters. The average molecular weight is 392 g/mol. The smallest absolute Gasteiger partial charge is 0.119 e. The third-order valence-electron chi connectivity index (χ3n) is 4.05. The van der Waals surface area contributed by atoms with Crippen molar-refractivity contribution in [3.05, 3.63) is 53.0 Å². The second-order valence-corrected chi connectivity index (χ2v) is 6.82. The van der Waals surface area contributed by atoms with Gasteiger partial charge in [0.1, 0.15) is 18.5 Å². The minimum Gasteiger partial charge on any atom is -0.491 e. The molecule has 4 nitrogen and oxygen atoms in total. The lowest BCUT2D eigenvalue weighted by atomic mass is 10.1. The summed E-state index contributed by atoms with van der Waals surface area (Å²) in [7, 11) is 0. The van der Waals surface area contributed by atoms with Crippen LogP contribution in [0.3, 0.4) is 0 Å². The van der Waals surface area contributed by atoms with Gasteiger partial charge in [0.15, 0.2) is 0 Å². The molecule has 0 bridgehead atoms. The maximum absolute atomic E-state index is 10.1. The Morgan fingerprint density at radius 1 is 1.00 bits per heavy atom. The molecule has 1 heterocycles. The van der Waals surface area contributed by atoms with E-state index in [-0.39, 0.29) is 0 Å². The molecular weight excluding hydrogens is 370 g/mol. The van der Waals surface area contributed by atoms with Crippen molar-refractivity contribution in [3.63, 3.8) is 0 Å². The Hall–Kier alpha value is -1.40. The number of hydrogen-bond donors (Lipinski definition) is 1. The van der Waals surface area contributed by atoms with Gasteiger partial charge in [-0.15, -0.1) is 0 Å². The first-order chi connectivity index (χ1) is 11.7. The zero-order valence-electron chi connectivity index (χ0n) is 13.5. The fourth-order valence-electron chi connectivity index (χ4n) is 2.71. The van der Waals surface area contributed by atoms with E-state index in [9.17, 15) is 5.11 Å². The maximum atomic E-state index is 10.1. The molecule has 1 N–H and O–H groups in total. The molecule has 1 fully saturated rings. The van der Waals surface area contributed by atoms with E-state index in [0.717, 1.165) is 47.7 Å². The highest BCUT2D eigenvalue weighted by Crippen LogP contribution is 2.24. The number of aliphatic hydroxyl groups is 1. The van der Waals surface area contributed by atoms with E-state index in [2.05, 4.69) is 33.0 Å². The van der Waals surface area contributed by atoms with Gasteiger partial charge in [-0.2, -0.15) is 0 Å². The number of aliphatic hydroxyl groups excluding tert-OH is 1. The highest BCUT2D eigenvalue weighted by molar-refractivity contribution is 9.10. The lowest BCUT2D eigenvalue weighted by molar-refractivity contribution is 0.00466. The quantitative estimate of drug-likeness (QED) is 0.820. The number of halogens is 1. The summed E-state index contributed by atoms with van der Waals surface area (Å²) in [6, 6.07) is 16.2. The van der Waals surface area contributed by atoms with Crippen LogP contribution in [-0.4, -0.2) is 55.6 Å². The molecule has 1 aliphatic rings. The van der Waals surface area contributed by atoms with Crippen LogP contribution in [-0.2, 0) is 4.74 Å². The molecule has 5 heteroatoms. The Labute approximate surface area is 151 Å². The van der Waals surface area contributed by atoms with E-state index in [1.165, 1.54) is 0 Å². The van der Waals surface area contributed by atoms with Crippen LogP contribution in [0.4, 0.5) is 0 Å². The fraction of sp³-hybridized carbons (Fsp3) is 0.368. The Bertz CT molecular complexity index is 624. The molecule has 3 rings (SSSR count). The van der Waals surface area contributed by atoms with Crippen LogP contribution in [0.1, 0.15) is 0 Å². The lowest BCUT2D eigenvalue weighted by Crippen LogP contribution is -2.42. The zero-order chi connectivity index (χ0) is 16.8. The molecule has 0 spiro atoms. The van der Waals surface area contributed by atoms with Crippen LogP contribution in [0.25, 0.3) is 11.1 Å². The molecule has 1 saturated heterocycles. The van der Waals surface area contributed by atoms with Gasteiger partial charge in [-0.1, -0.05) is 40.2 Å². The second kappa shape index (κ2) is 8.62. The summed E-state index contributed by atoms with van der Waals surface area (Å²) in [6.45, 7) is 4.16. The van der Waals surface area contributed by atoms with Crippen molar-refractivity contribution in [2.24, 2.45) is 0 Å². The molecule has 0 amide bonds. The number of rotatable bonds is 6. The predicted molar refractivity (Wildman–Crippen MR) is 98.3 cm³/mol. The predicted octanol–water partition coefficient (Wildman–Crippen LogP) is 3.19. The van der Waals surface area contributed by atoms with E-state index in [1.54, 1.807) is 0 Å². The van der Waals surface area contributed by atoms with Gasteiger partial charge in [0, 0.05) is 24.1 Å². The van der Waals surface area contributed by atoms with Gasteiger partial charge in [-0.05, 0) is 35.4 Å². The SMILES string of the molecule is OC(COc1ccc(-c2ccc(Br)cc2)cc1)CN1CCOCC1. The summed E-state index contributed by atoms with van der Waals surface area (Å²) in [5.74, 6) is 0.775. The Balaban J connectivity index is 1.49. The molecule has 0 saturated carbocycles. The molecule has 0 aliphatic carbocycles. The third kappa shape index (κ3) is 5.05. The van der Waals surface area contributed by atoms with Crippen molar-refractivity contribution >= 4 is 15.9 Å². The zero-order valence-corrected chi connectivity index (χ0v) is 15.1.